The van der Waals surface area contributed by atoms with Gasteiger partial charge in [0, 0.05) is 11.2 Å². The number of carbonyl (C=O) groups is 1. The molecule has 21 heavy (non-hydrogen) atoms. The summed E-state index contributed by atoms with van der Waals surface area (Å²) in [4.78, 5) is 11.6. The Morgan fingerprint density at radius 2 is 1.71 bits per heavy atom. The Morgan fingerprint density at radius 3 is 2.19 bits per heavy atom. The smallest absolute Gasteiger partial charge is 0.409 e. The Kier molecular flexibility index (Phi) is 9.34. The molecular formula is C14H23ClNO4P. The third kappa shape index (κ3) is 8.76. The number of carbonyl (C=O) groups excluding carboxylic acids is 1. The van der Waals surface area contributed by atoms with Gasteiger partial charge in [0.2, 0.25) is 0 Å². The standard InChI is InChI=1S/C12H17ClNO4P.C2H6/c1-9(2)17-12(15)10(3)14-19(13,16)18-11-7-5-4-6-8-11;1-2/h4-10H,1-3H3,(H,14,16);1-2H3/t10-,19?;/m0./s1. The second kappa shape index (κ2) is 9.82. The first-order chi connectivity index (χ1) is 9.80. The predicted octanol–water partition coefficient (Wildman–Crippen LogP) is 4.37. The average Bonchev–Trinajstić information content (AvgIpc) is 2.40. The topological polar surface area (TPSA) is 64.6 Å². The van der Waals surface area contributed by atoms with Crippen LogP contribution in [0.4, 0.5) is 0 Å². The summed E-state index contributed by atoms with van der Waals surface area (Å²) in [5.41, 5.74) is 0. The van der Waals surface area contributed by atoms with Crippen LogP contribution in [0.3, 0.4) is 0 Å². The molecule has 1 aromatic carbocycles. The molecule has 0 aromatic heterocycles. The van der Waals surface area contributed by atoms with Gasteiger partial charge >= 0.3 is 12.8 Å². The summed E-state index contributed by atoms with van der Waals surface area (Å²) in [7, 11) is 0. The van der Waals surface area contributed by atoms with Crippen LogP contribution in [0.5, 0.6) is 5.75 Å². The van der Waals surface area contributed by atoms with Crippen molar-refractivity contribution >= 4 is 24.1 Å². The summed E-state index contributed by atoms with van der Waals surface area (Å²) in [6.07, 6.45) is -0.249. The minimum Gasteiger partial charge on any atom is -0.462 e. The molecule has 1 rings (SSSR count). The molecule has 2 atom stereocenters. The summed E-state index contributed by atoms with van der Waals surface area (Å²) in [6.45, 7) is 5.32. The number of ether oxygens (including phenoxy) is 1. The summed E-state index contributed by atoms with van der Waals surface area (Å²) >= 11 is 5.76. The first kappa shape index (κ1) is 20.0. The predicted molar refractivity (Wildman–Crippen MR) is 85.7 cm³/mol. The minimum absolute atomic E-state index is 0.249. The highest BCUT2D eigenvalue weighted by atomic mass is 35.7. The molecule has 0 bridgehead atoms. The molecule has 0 aliphatic rings. The molecule has 5 nitrogen and oxygen atoms in total. The Bertz CT molecular complexity index is 467. The van der Waals surface area contributed by atoms with Crippen molar-refractivity contribution in [2.75, 3.05) is 0 Å². The van der Waals surface area contributed by atoms with Gasteiger partial charge in [-0.2, -0.15) is 0 Å². The maximum Gasteiger partial charge on any atom is 0.409 e. The van der Waals surface area contributed by atoms with E-state index < -0.39 is 18.9 Å². The number of benzene rings is 1. The normalized spacial score (nSPS) is 14.4. The molecule has 0 fully saturated rings. The SMILES string of the molecule is CC.CC(C)OC(=O)[C@H](C)NP(=O)(Cl)Oc1ccccc1. The van der Waals surface area contributed by atoms with Crippen molar-refractivity contribution in [1.29, 1.82) is 0 Å². The van der Waals surface area contributed by atoms with Gasteiger partial charge in [-0.15, -0.1) is 0 Å². The number of esters is 1. The van der Waals surface area contributed by atoms with Gasteiger partial charge in [0.05, 0.1) is 6.10 Å². The van der Waals surface area contributed by atoms with E-state index in [1.54, 1.807) is 44.2 Å². The van der Waals surface area contributed by atoms with Crippen molar-refractivity contribution < 1.29 is 18.6 Å². The van der Waals surface area contributed by atoms with Crippen LogP contribution in [0.1, 0.15) is 34.6 Å². The molecule has 0 radical (unpaired) electrons. The van der Waals surface area contributed by atoms with Crippen molar-refractivity contribution in [1.82, 2.24) is 5.09 Å². The number of halogens is 1. The molecule has 120 valence electrons. The van der Waals surface area contributed by atoms with Crippen LogP contribution in [0.15, 0.2) is 30.3 Å². The molecule has 0 saturated carbocycles. The van der Waals surface area contributed by atoms with E-state index >= 15 is 0 Å². The summed E-state index contributed by atoms with van der Waals surface area (Å²) in [5.74, 6) is -0.176. The lowest BCUT2D eigenvalue weighted by Gasteiger charge is -2.19. The van der Waals surface area contributed by atoms with Gasteiger partial charge in [-0.25, -0.2) is 9.65 Å². The number of hydrogen-bond donors (Lipinski definition) is 1. The second-order valence-corrected chi connectivity index (χ2v) is 6.96. The molecule has 7 heteroatoms. The molecular weight excluding hydrogens is 313 g/mol. The first-order valence-corrected chi connectivity index (χ1v) is 9.36. The highest BCUT2D eigenvalue weighted by Gasteiger charge is 2.28. The third-order valence-electron chi connectivity index (χ3n) is 2.02. The van der Waals surface area contributed by atoms with Gasteiger partial charge in [0.25, 0.3) is 0 Å². The lowest BCUT2D eigenvalue weighted by atomic mass is 10.3. The van der Waals surface area contributed by atoms with E-state index in [4.69, 9.17) is 20.5 Å². The van der Waals surface area contributed by atoms with Gasteiger partial charge in [-0.05, 0) is 32.9 Å². The van der Waals surface area contributed by atoms with E-state index in [-0.39, 0.29) is 6.10 Å². The third-order valence-corrected chi connectivity index (χ3v) is 3.66. The molecule has 0 heterocycles. The number of rotatable bonds is 6. The maximum absolute atomic E-state index is 12.0. The van der Waals surface area contributed by atoms with E-state index in [1.165, 1.54) is 6.92 Å². The number of nitrogens with one attached hydrogen (secondary N) is 1. The summed E-state index contributed by atoms with van der Waals surface area (Å²) in [5, 5.41) is 2.43. The highest BCUT2D eigenvalue weighted by molar-refractivity contribution is 7.84. The zero-order valence-electron chi connectivity index (χ0n) is 13.0. The van der Waals surface area contributed by atoms with E-state index in [0.717, 1.165) is 0 Å². The lowest BCUT2D eigenvalue weighted by molar-refractivity contribution is -0.148. The van der Waals surface area contributed by atoms with E-state index in [1.807, 2.05) is 13.8 Å². The fourth-order valence-corrected chi connectivity index (χ4v) is 2.95. The van der Waals surface area contributed by atoms with Crippen molar-refractivity contribution in [2.45, 2.75) is 46.8 Å². The van der Waals surface area contributed by atoms with E-state index in [9.17, 15) is 9.36 Å². The van der Waals surface area contributed by atoms with Crippen molar-refractivity contribution in [3.63, 3.8) is 0 Å². The monoisotopic (exact) mass is 335 g/mol. The fraction of sp³-hybridized carbons (Fsp3) is 0.500. The van der Waals surface area contributed by atoms with Crippen LogP contribution in [0, 0.1) is 0 Å². The Balaban J connectivity index is 0.00000191. The zero-order chi connectivity index (χ0) is 16.5. The van der Waals surface area contributed by atoms with Gasteiger partial charge in [0.1, 0.15) is 11.8 Å². The van der Waals surface area contributed by atoms with Crippen LogP contribution in [0.25, 0.3) is 0 Å². The minimum atomic E-state index is -3.65. The zero-order valence-corrected chi connectivity index (χ0v) is 14.6. The Labute approximate surface area is 131 Å². The van der Waals surface area contributed by atoms with Crippen molar-refractivity contribution in [3.8, 4) is 5.75 Å². The molecule has 0 aliphatic carbocycles. The number of hydrogen-bond acceptors (Lipinski definition) is 4. The Hall–Kier alpha value is -1.03. The molecule has 0 aliphatic heterocycles. The summed E-state index contributed by atoms with van der Waals surface area (Å²) < 4.78 is 22.1. The van der Waals surface area contributed by atoms with Crippen LogP contribution < -0.4 is 9.61 Å². The molecule has 0 saturated heterocycles. The van der Waals surface area contributed by atoms with Crippen molar-refractivity contribution in [2.24, 2.45) is 0 Å². The first-order valence-electron chi connectivity index (χ1n) is 6.83. The highest BCUT2D eigenvalue weighted by Crippen LogP contribution is 2.48. The van der Waals surface area contributed by atoms with Crippen LogP contribution >= 0.6 is 18.1 Å². The van der Waals surface area contributed by atoms with Gasteiger partial charge in [0.15, 0.2) is 0 Å². The van der Waals surface area contributed by atoms with Gasteiger partial charge in [-0.3, -0.25) is 4.79 Å². The average molecular weight is 336 g/mol. The molecule has 0 spiro atoms. The van der Waals surface area contributed by atoms with Crippen molar-refractivity contribution in [3.05, 3.63) is 30.3 Å². The molecule has 0 amide bonds. The van der Waals surface area contributed by atoms with Gasteiger partial charge < -0.3 is 9.26 Å². The summed E-state index contributed by atoms with van der Waals surface area (Å²) in [6, 6.07) is 7.66. The fourth-order valence-electron chi connectivity index (χ4n) is 1.26. The quantitative estimate of drug-likeness (QED) is 0.617. The lowest BCUT2D eigenvalue weighted by Crippen LogP contribution is -2.34. The number of para-hydroxylation sites is 1. The molecule has 1 N–H and O–H groups in total. The van der Waals surface area contributed by atoms with Crippen LogP contribution in [-0.2, 0) is 14.1 Å². The van der Waals surface area contributed by atoms with Crippen LogP contribution in [-0.4, -0.2) is 18.1 Å². The van der Waals surface area contributed by atoms with E-state index in [2.05, 4.69) is 5.09 Å². The Morgan fingerprint density at radius 1 is 1.19 bits per heavy atom. The largest absolute Gasteiger partial charge is 0.462 e. The van der Waals surface area contributed by atoms with Crippen LogP contribution in [0.2, 0.25) is 0 Å². The van der Waals surface area contributed by atoms with Gasteiger partial charge in [-0.1, -0.05) is 32.0 Å². The molecule has 1 aromatic rings. The van der Waals surface area contributed by atoms with E-state index in [0.29, 0.717) is 5.75 Å². The second-order valence-electron chi connectivity index (χ2n) is 4.22. The molecule has 1 unspecified atom stereocenters. The maximum atomic E-state index is 12.0.